The summed E-state index contributed by atoms with van der Waals surface area (Å²) >= 11 is 0. The average molecular weight is 269 g/mol. The van der Waals surface area contributed by atoms with Gasteiger partial charge in [0.1, 0.15) is 5.75 Å². The zero-order valence-electron chi connectivity index (χ0n) is 11.0. The molecule has 2 aromatic carbocycles. The third-order valence-corrected chi connectivity index (χ3v) is 2.64. The fraction of sp³-hybridized carbons (Fsp3) is 0.0667. The standard InChI is InChI=1S/C15H15N3O2/c1-11(12-7-9-14(19)10-8-12)17-18-15(20)16-13-5-3-2-4-6-13/h2-10,19H,1H3,(H2,16,18,20). The first kappa shape index (κ1) is 13.6. The largest absolute Gasteiger partial charge is 0.508 e. The number of benzene rings is 2. The molecule has 0 bridgehead atoms. The summed E-state index contributed by atoms with van der Waals surface area (Å²) < 4.78 is 0. The van der Waals surface area contributed by atoms with Crippen molar-refractivity contribution in [3.63, 3.8) is 0 Å². The van der Waals surface area contributed by atoms with Crippen molar-refractivity contribution in [2.24, 2.45) is 5.10 Å². The highest BCUT2D eigenvalue weighted by Gasteiger charge is 2.01. The number of hydrogen-bond donors (Lipinski definition) is 3. The highest BCUT2D eigenvalue weighted by Crippen LogP contribution is 2.10. The first-order chi connectivity index (χ1) is 9.65. The Labute approximate surface area is 117 Å². The van der Waals surface area contributed by atoms with E-state index in [2.05, 4.69) is 15.8 Å². The summed E-state index contributed by atoms with van der Waals surface area (Å²) in [5, 5.41) is 15.9. The molecule has 0 heterocycles. The van der Waals surface area contributed by atoms with Gasteiger partial charge in [0.2, 0.25) is 0 Å². The lowest BCUT2D eigenvalue weighted by atomic mass is 10.1. The number of para-hydroxylation sites is 1. The molecule has 0 unspecified atom stereocenters. The number of carbonyl (C=O) groups is 1. The van der Waals surface area contributed by atoms with Crippen LogP contribution in [-0.2, 0) is 0 Å². The quantitative estimate of drug-likeness (QED) is 0.592. The van der Waals surface area contributed by atoms with Crippen molar-refractivity contribution in [1.29, 1.82) is 0 Å². The van der Waals surface area contributed by atoms with Gasteiger partial charge in [-0.15, -0.1) is 0 Å². The van der Waals surface area contributed by atoms with Gasteiger partial charge in [-0.05, 0) is 48.9 Å². The minimum atomic E-state index is -0.408. The Kier molecular flexibility index (Phi) is 4.34. The van der Waals surface area contributed by atoms with Crippen LogP contribution in [0.25, 0.3) is 0 Å². The number of anilines is 1. The maximum atomic E-state index is 11.6. The third kappa shape index (κ3) is 3.84. The Hall–Kier alpha value is -2.82. The lowest BCUT2D eigenvalue weighted by Gasteiger charge is -2.05. The van der Waals surface area contributed by atoms with Gasteiger partial charge in [0.05, 0.1) is 5.71 Å². The summed E-state index contributed by atoms with van der Waals surface area (Å²) in [6.45, 7) is 1.77. The first-order valence-corrected chi connectivity index (χ1v) is 6.11. The van der Waals surface area contributed by atoms with Crippen LogP contribution in [0.5, 0.6) is 5.75 Å². The van der Waals surface area contributed by atoms with Gasteiger partial charge in [-0.1, -0.05) is 18.2 Å². The lowest BCUT2D eigenvalue weighted by Crippen LogP contribution is -2.25. The number of nitrogens with one attached hydrogen (secondary N) is 2. The third-order valence-electron chi connectivity index (χ3n) is 2.64. The molecule has 5 nitrogen and oxygen atoms in total. The van der Waals surface area contributed by atoms with Crippen LogP contribution in [0.15, 0.2) is 59.7 Å². The number of nitrogens with zero attached hydrogens (tertiary/aromatic N) is 1. The summed E-state index contributed by atoms with van der Waals surface area (Å²) in [5.74, 6) is 0.191. The van der Waals surface area contributed by atoms with Crippen molar-refractivity contribution in [2.45, 2.75) is 6.92 Å². The summed E-state index contributed by atoms with van der Waals surface area (Å²) in [5.41, 5.74) is 4.58. The molecule has 2 amide bonds. The molecule has 20 heavy (non-hydrogen) atoms. The smallest absolute Gasteiger partial charge is 0.339 e. The first-order valence-electron chi connectivity index (χ1n) is 6.11. The Bertz CT molecular complexity index is 607. The molecular weight excluding hydrogens is 254 g/mol. The van der Waals surface area contributed by atoms with E-state index in [9.17, 15) is 9.90 Å². The zero-order chi connectivity index (χ0) is 14.4. The predicted octanol–water partition coefficient (Wildman–Crippen LogP) is 2.94. The SMILES string of the molecule is CC(=NNC(=O)Nc1ccccc1)c1ccc(O)cc1. The molecule has 0 saturated heterocycles. The maximum absolute atomic E-state index is 11.6. The second kappa shape index (κ2) is 6.38. The molecule has 0 aliphatic heterocycles. The van der Waals surface area contributed by atoms with Crippen molar-refractivity contribution in [2.75, 3.05) is 5.32 Å². The van der Waals surface area contributed by atoms with Crippen molar-refractivity contribution < 1.29 is 9.90 Å². The van der Waals surface area contributed by atoms with E-state index >= 15 is 0 Å². The number of phenols is 1. The number of amides is 2. The van der Waals surface area contributed by atoms with Gasteiger partial charge < -0.3 is 10.4 Å². The molecule has 0 saturated carbocycles. The minimum absolute atomic E-state index is 0.191. The highest BCUT2D eigenvalue weighted by molar-refractivity contribution is 6.00. The van der Waals surface area contributed by atoms with E-state index < -0.39 is 6.03 Å². The van der Waals surface area contributed by atoms with E-state index in [1.54, 1.807) is 43.3 Å². The van der Waals surface area contributed by atoms with Gasteiger partial charge in [-0.25, -0.2) is 10.2 Å². The van der Waals surface area contributed by atoms with Crippen LogP contribution >= 0.6 is 0 Å². The fourth-order valence-electron chi connectivity index (χ4n) is 1.58. The van der Waals surface area contributed by atoms with Gasteiger partial charge in [-0.2, -0.15) is 5.10 Å². The predicted molar refractivity (Wildman–Crippen MR) is 78.9 cm³/mol. The number of aromatic hydroxyl groups is 1. The van der Waals surface area contributed by atoms with Crippen LogP contribution in [0, 0.1) is 0 Å². The fourth-order valence-corrected chi connectivity index (χ4v) is 1.58. The second-order valence-electron chi connectivity index (χ2n) is 4.18. The van der Waals surface area contributed by atoms with Crippen LogP contribution < -0.4 is 10.7 Å². The highest BCUT2D eigenvalue weighted by atomic mass is 16.3. The van der Waals surface area contributed by atoms with Gasteiger partial charge in [0, 0.05) is 5.69 Å². The molecule has 0 aliphatic carbocycles. The summed E-state index contributed by atoms with van der Waals surface area (Å²) in [6, 6.07) is 15.3. The van der Waals surface area contributed by atoms with Crippen LogP contribution in [0.2, 0.25) is 0 Å². The van der Waals surface area contributed by atoms with Gasteiger partial charge in [0.15, 0.2) is 0 Å². The number of rotatable bonds is 3. The van der Waals surface area contributed by atoms with Crippen molar-refractivity contribution in [3.8, 4) is 5.75 Å². The van der Waals surface area contributed by atoms with E-state index in [0.717, 1.165) is 5.56 Å². The van der Waals surface area contributed by atoms with Crippen LogP contribution in [-0.4, -0.2) is 16.8 Å². The number of hydrazone groups is 1. The van der Waals surface area contributed by atoms with E-state index in [1.165, 1.54) is 0 Å². The monoisotopic (exact) mass is 269 g/mol. The lowest BCUT2D eigenvalue weighted by molar-refractivity contribution is 0.252. The Balaban J connectivity index is 1.95. The Morgan fingerprint density at radius 3 is 2.35 bits per heavy atom. The molecule has 0 atom stereocenters. The zero-order valence-corrected chi connectivity index (χ0v) is 11.0. The van der Waals surface area contributed by atoms with Crippen molar-refractivity contribution in [3.05, 3.63) is 60.2 Å². The number of carbonyl (C=O) groups excluding carboxylic acids is 1. The molecule has 0 radical (unpaired) electrons. The molecule has 2 aromatic rings. The second-order valence-corrected chi connectivity index (χ2v) is 4.18. The van der Waals surface area contributed by atoms with Crippen molar-refractivity contribution >= 4 is 17.4 Å². The van der Waals surface area contributed by atoms with E-state index in [4.69, 9.17) is 0 Å². The normalized spacial score (nSPS) is 10.9. The summed E-state index contributed by atoms with van der Waals surface area (Å²) in [7, 11) is 0. The molecule has 102 valence electrons. The average Bonchev–Trinajstić information content (AvgIpc) is 2.46. The number of phenolic OH excluding ortho intramolecular Hbond substituents is 1. The molecular formula is C15H15N3O2. The summed E-state index contributed by atoms with van der Waals surface area (Å²) in [6.07, 6.45) is 0. The minimum Gasteiger partial charge on any atom is -0.508 e. The maximum Gasteiger partial charge on any atom is 0.339 e. The topological polar surface area (TPSA) is 73.7 Å². The molecule has 2 rings (SSSR count). The van der Waals surface area contributed by atoms with E-state index in [0.29, 0.717) is 11.4 Å². The van der Waals surface area contributed by atoms with Gasteiger partial charge in [-0.3, -0.25) is 0 Å². The molecule has 0 aliphatic rings. The Morgan fingerprint density at radius 2 is 1.70 bits per heavy atom. The summed E-state index contributed by atoms with van der Waals surface area (Å²) in [4.78, 5) is 11.6. The van der Waals surface area contributed by atoms with E-state index in [1.807, 2.05) is 18.2 Å². The molecule has 0 spiro atoms. The molecule has 3 N–H and O–H groups in total. The van der Waals surface area contributed by atoms with E-state index in [-0.39, 0.29) is 5.75 Å². The number of urea groups is 1. The molecule has 5 heteroatoms. The molecule has 0 aromatic heterocycles. The van der Waals surface area contributed by atoms with Crippen LogP contribution in [0.1, 0.15) is 12.5 Å². The van der Waals surface area contributed by atoms with Crippen LogP contribution in [0.3, 0.4) is 0 Å². The molecule has 0 fully saturated rings. The van der Waals surface area contributed by atoms with Crippen molar-refractivity contribution in [1.82, 2.24) is 5.43 Å². The van der Waals surface area contributed by atoms with Gasteiger partial charge >= 0.3 is 6.03 Å². The van der Waals surface area contributed by atoms with Crippen LogP contribution in [0.4, 0.5) is 10.5 Å². The Morgan fingerprint density at radius 1 is 1.05 bits per heavy atom. The number of hydrogen-bond acceptors (Lipinski definition) is 3. The van der Waals surface area contributed by atoms with Gasteiger partial charge in [0.25, 0.3) is 0 Å².